The third-order valence-electron chi connectivity index (χ3n) is 4.69. The molecule has 0 bridgehead atoms. The van der Waals surface area contributed by atoms with Crippen LogP contribution in [-0.4, -0.2) is 27.1 Å². The zero-order valence-corrected chi connectivity index (χ0v) is 14.9. The Balaban J connectivity index is 1.54. The Morgan fingerprint density at radius 1 is 1.08 bits per heavy atom. The molecule has 2 heterocycles. The minimum absolute atomic E-state index is 0.0184. The van der Waals surface area contributed by atoms with Crippen LogP contribution in [0.1, 0.15) is 16.8 Å². The summed E-state index contributed by atoms with van der Waals surface area (Å²) < 4.78 is 1.55. The highest BCUT2D eigenvalue weighted by Crippen LogP contribution is 2.18. The number of carbonyl (C=O) groups excluding carboxylic acids is 1. The topological polar surface area (TPSA) is 58.1 Å². The van der Waals surface area contributed by atoms with Gasteiger partial charge in [0.2, 0.25) is 5.91 Å². The van der Waals surface area contributed by atoms with Crippen molar-refractivity contribution >= 4 is 17.5 Å². The van der Waals surface area contributed by atoms with Gasteiger partial charge in [0.05, 0.1) is 24.2 Å². The number of fused-ring (bicyclic) bond motifs is 1. The minimum atomic E-state index is -0.0878. The molecule has 1 N–H and O–H groups in total. The number of hydrogen-bond acceptors (Lipinski definition) is 2. The van der Waals surface area contributed by atoms with E-state index in [2.05, 4.69) is 5.10 Å². The summed E-state index contributed by atoms with van der Waals surface area (Å²) in [5.74, 6) is 0.0184. The van der Waals surface area contributed by atoms with Gasteiger partial charge in [0.25, 0.3) is 5.56 Å². The molecule has 6 heteroatoms. The van der Waals surface area contributed by atoms with Crippen molar-refractivity contribution < 1.29 is 4.79 Å². The number of para-hydroxylation sites is 1. The van der Waals surface area contributed by atoms with Crippen LogP contribution in [0.2, 0.25) is 5.02 Å². The first-order chi connectivity index (χ1) is 12.6. The van der Waals surface area contributed by atoms with Gasteiger partial charge in [0.15, 0.2) is 0 Å². The van der Waals surface area contributed by atoms with Crippen LogP contribution < -0.4 is 5.56 Å². The van der Waals surface area contributed by atoms with E-state index < -0.39 is 0 Å². The van der Waals surface area contributed by atoms with Gasteiger partial charge in [-0.25, -0.2) is 4.68 Å². The van der Waals surface area contributed by atoms with Crippen molar-refractivity contribution in [3.63, 3.8) is 0 Å². The molecule has 5 nitrogen and oxygen atoms in total. The number of amides is 1. The van der Waals surface area contributed by atoms with Crippen molar-refractivity contribution in [3.05, 3.63) is 86.8 Å². The Morgan fingerprint density at radius 2 is 1.81 bits per heavy atom. The predicted octanol–water partition coefficient (Wildman–Crippen LogP) is 2.95. The van der Waals surface area contributed by atoms with E-state index in [0.717, 1.165) is 16.9 Å². The summed E-state index contributed by atoms with van der Waals surface area (Å²) in [6.07, 6.45) is 0.959. The van der Waals surface area contributed by atoms with Crippen molar-refractivity contribution in [2.45, 2.75) is 19.4 Å². The molecule has 0 spiro atoms. The SMILES string of the molecule is O=C(Cc1ccc(Cl)cc1)N1CCc2[nH]n(-c3ccccc3)c(=O)c2C1. The maximum Gasteiger partial charge on any atom is 0.276 e. The number of aromatic nitrogens is 2. The average molecular weight is 368 g/mol. The fraction of sp³-hybridized carbons (Fsp3) is 0.200. The van der Waals surface area contributed by atoms with Gasteiger partial charge in [-0.3, -0.25) is 14.7 Å². The van der Waals surface area contributed by atoms with Gasteiger partial charge in [-0.1, -0.05) is 41.9 Å². The third-order valence-corrected chi connectivity index (χ3v) is 4.94. The Kier molecular flexibility index (Phi) is 4.39. The fourth-order valence-corrected chi connectivity index (χ4v) is 3.39. The lowest BCUT2D eigenvalue weighted by molar-refractivity contribution is -0.131. The van der Waals surface area contributed by atoms with Crippen LogP contribution in [0.4, 0.5) is 0 Å². The molecular weight excluding hydrogens is 350 g/mol. The molecule has 1 aromatic heterocycles. The Hall–Kier alpha value is -2.79. The highest BCUT2D eigenvalue weighted by atomic mass is 35.5. The summed E-state index contributed by atoms with van der Waals surface area (Å²) in [4.78, 5) is 27.1. The second-order valence-corrected chi connectivity index (χ2v) is 6.85. The van der Waals surface area contributed by atoms with Crippen molar-refractivity contribution in [2.75, 3.05) is 6.54 Å². The molecular formula is C20H18ClN3O2. The Labute approximate surface area is 155 Å². The smallest absolute Gasteiger partial charge is 0.276 e. The fourth-order valence-electron chi connectivity index (χ4n) is 3.26. The van der Waals surface area contributed by atoms with Crippen LogP contribution in [0.25, 0.3) is 5.69 Å². The van der Waals surface area contributed by atoms with E-state index in [1.165, 1.54) is 0 Å². The normalized spacial score (nSPS) is 13.5. The molecule has 132 valence electrons. The highest BCUT2D eigenvalue weighted by Gasteiger charge is 2.26. The molecule has 1 aliphatic heterocycles. The molecule has 1 aliphatic rings. The molecule has 0 fully saturated rings. The van der Waals surface area contributed by atoms with Crippen LogP contribution >= 0.6 is 11.6 Å². The Morgan fingerprint density at radius 3 is 2.54 bits per heavy atom. The third kappa shape index (κ3) is 3.18. The lowest BCUT2D eigenvalue weighted by Gasteiger charge is -2.26. The molecule has 4 rings (SSSR count). The van der Waals surface area contributed by atoms with Gasteiger partial charge in [0.1, 0.15) is 0 Å². The molecule has 26 heavy (non-hydrogen) atoms. The lowest BCUT2D eigenvalue weighted by atomic mass is 10.1. The van der Waals surface area contributed by atoms with E-state index in [0.29, 0.717) is 36.5 Å². The van der Waals surface area contributed by atoms with Gasteiger partial charge >= 0.3 is 0 Å². The standard InChI is InChI=1S/C20H18ClN3O2/c21-15-8-6-14(7-9-15)12-19(25)23-11-10-18-17(13-23)20(26)24(22-18)16-4-2-1-3-5-16/h1-9,22H,10-13H2. The summed E-state index contributed by atoms with van der Waals surface area (Å²) in [7, 11) is 0. The largest absolute Gasteiger partial charge is 0.337 e. The van der Waals surface area contributed by atoms with Crippen molar-refractivity contribution in [1.82, 2.24) is 14.7 Å². The number of nitrogens with one attached hydrogen (secondary N) is 1. The van der Waals surface area contributed by atoms with E-state index in [4.69, 9.17) is 11.6 Å². The van der Waals surface area contributed by atoms with Gasteiger partial charge in [-0.05, 0) is 29.8 Å². The van der Waals surface area contributed by atoms with E-state index in [1.807, 2.05) is 42.5 Å². The van der Waals surface area contributed by atoms with Gasteiger partial charge in [-0.2, -0.15) is 0 Å². The maximum absolute atomic E-state index is 12.8. The number of halogens is 1. The zero-order chi connectivity index (χ0) is 18.1. The number of nitrogens with zero attached hydrogens (tertiary/aromatic N) is 2. The predicted molar refractivity (Wildman–Crippen MR) is 101 cm³/mol. The summed E-state index contributed by atoms with van der Waals surface area (Å²) in [6, 6.07) is 16.7. The molecule has 1 amide bonds. The summed E-state index contributed by atoms with van der Waals surface area (Å²) in [5.41, 5.74) is 3.21. The summed E-state index contributed by atoms with van der Waals surface area (Å²) in [6.45, 7) is 0.949. The molecule has 0 saturated carbocycles. The molecule has 0 radical (unpaired) electrons. The maximum atomic E-state index is 12.8. The molecule has 2 aromatic carbocycles. The molecule has 0 atom stereocenters. The van der Waals surface area contributed by atoms with E-state index in [1.54, 1.807) is 21.7 Å². The number of benzene rings is 2. The van der Waals surface area contributed by atoms with Gasteiger partial charge < -0.3 is 4.90 Å². The second kappa shape index (κ2) is 6.84. The zero-order valence-electron chi connectivity index (χ0n) is 14.1. The number of rotatable bonds is 3. The van der Waals surface area contributed by atoms with Crippen LogP contribution in [0.15, 0.2) is 59.4 Å². The van der Waals surface area contributed by atoms with E-state index in [9.17, 15) is 9.59 Å². The molecule has 3 aromatic rings. The van der Waals surface area contributed by atoms with Crippen molar-refractivity contribution in [2.24, 2.45) is 0 Å². The Bertz CT molecular complexity index is 990. The highest BCUT2D eigenvalue weighted by molar-refractivity contribution is 6.30. The van der Waals surface area contributed by atoms with Crippen molar-refractivity contribution in [1.29, 1.82) is 0 Å². The van der Waals surface area contributed by atoms with E-state index in [-0.39, 0.29) is 11.5 Å². The number of aromatic amines is 1. The monoisotopic (exact) mass is 367 g/mol. The first kappa shape index (κ1) is 16.7. The van der Waals surface area contributed by atoms with Crippen LogP contribution in [-0.2, 0) is 24.2 Å². The van der Waals surface area contributed by atoms with Crippen molar-refractivity contribution in [3.8, 4) is 5.69 Å². The number of H-pyrrole nitrogens is 1. The van der Waals surface area contributed by atoms with Gasteiger partial charge in [0, 0.05) is 23.7 Å². The molecule has 0 unspecified atom stereocenters. The minimum Gasteiger partial charge on any atom is -0.337 e. The number of hydrogen-bond donors (Lipinski definition) is 1. The van der Waals surface area contributed by atoms with Crippen LogP contribution in [0.5, 0.6) is 0 Å². The van der Waals surface area contributed by atoms with Gasteiger partial charge in [-0.15, -0.1) is 0 Å². The average Bonchev–Trinajstić information content (AvgIpc) is 3.00. The number of carbonyl (C=O) groups is 1. The molecule has 0 aliphatic carbocycles. The van der Waals surface area contributed by atoms with Crippen LogP contribution in [0, 0.1) is 0 Å². The summed E-state index contributed by atoms with van der Waals surface area (Å²) in [5, 5.41) is 3.84. The molecule has 0 saturated heterocycles. The first-order valence-electron chi connectivity index (χ1n) is 8.52. The lowest BCUT2D eigenvalue weighted by Crippen LogP contribution is -2.38. The van der Waals surface area contributed by atoms with E-state index >= 15 is 0 Å². The van der Waals surface area contributed by atoms with Crippen LogP contribution in [0.3, 0.4) is 0 Å². The first-order valence-corrected chi connectivity index (χ1v) is 8.90. The quantitative estimate of drug-likeness (QED) is 0.773. The second-order valence-electron chi connectivity index (χ2n) is 6.41. The summed E-state index contributed by atoms with van der Waals surface area (Å²) >= 11 is 5.89.